The third-order valence-electron chi connectivity index (χ3n) is 2.64. The van der Waals surface area contributed by atoms with Gasteiger partial charge in [0.1, 0.15) is 17.6 Å². The van der Waals surface area contributed by atoms with Gasteiger partial charge in [0.25, 0.3) is 0 Å². The molecule has 2 rings (SSSR count). The van der Waals surface area contributed by atoms with Crippen LogP contribution in [0.15, 0.2) is 36.4 Å². The first-order valence-corrected chi connectivity index (χ1v) is 5.55. The second kappa shape index (κ2) is 5.27. The molecule has 0 aliphatic carbocycles. The van der Waals surface area contributed by atoms with E-state index in [9.17, 15) is 4.39 Å². The molecule has 0 heterocycles. The number of anilines is 3. The van der Waals surface area contributed by atoms with Crippen LogP contribution in [-0.4, -0.2) is 7.11 Å². The minimum atomic E-state index is -0.508. The van der Waals surface area contributed by atoms with Gasteiger partial charge in [-0.2, -0.15) is 5.26 Å². The van der Waals surface area contributed by atoms with Crippen molar-refractivity contribution >= 4 is 17.1 Å². The molecule has 0 aromatic heterocycles. The molecule has 0 radical (unpaired) electrons. The van der Waals surface area contributed by atoms with E-state index < -0.39 is 5.82 Å². The maximum Gasteiger partial charge on any atom is 0.148 e. The number of halogens is 1. The number of methoxy groups -OCH3 is 1. The molecule has 0 spiro atoms. The molecule has 3 N–H and O–H groups in total. The molecule has 0 amide bonds. The summed E-state index contributed by atoms with van der Waals surface area (Å²) < 4.78 is 18.8. The highest BCUT2D eigenvalue weighted by Crippen LogP contribution is 2.30. The molecule has 0 atom stereocenters. The van der Waals surface area contributed by atoms with Crippen LogP contribution in [0.25, 0.3) is 0 Å². The maximum atomic E-state index is 13.8. The second-order valence-electron chi connectivity index (χ2n) is 3.86. The summed E-state index contributed by atoms with van der Waals surface area (Å²) >= 11 is 0. The number of nitriles is 1. The Morgan fingerprint density at radius 2 is 2.00 bits per heavy atom. The van der Waals surface area contributed by atoms with Gasteiger partial charge >= 0.3 is 0 Å². The van der Waals surface area contributed by atoms with Gasteiger partial charge in [0.15, 0.2) is 0 Å². The predicted octanol–water partition coefficient (Wildman–Crippen LogP) is 3.03. The molecule has 19 heavy (non-hydrogen) atoms. The Hall–Kier alpha value is -2.74. The van der Waals surface area contributed by atoms with Gasteiger partial charge in [-0.15, -0.1) is 0 Å². The van der Waals surface area contributed by atoms with Crippen LogP contribution in [0, 0.1) is 17.1 Å². The largest absolute Gasteiger partial charge is 0.495 e. The molecule has 4 nitrogen and oxygen atoms in total. The summed E-state index contributed by atoms with van der Waals surface area (Å²) in [6, 6.07) is 11.5. The number of benzene rings is 2. The zero-order chi connectivity index (χ0) is 13.8. The first kappa shape index (κ1) is 12.7. The van der Waals surface area contributed by atoms with Gasteiger partial charge in [0, 0.05) is 12.1 Å². The van der Waals surface area contributed by atoms with E-state index >= 15 is 0 Å². The van der Waals surface area contributed by atoms with Crippen molar-refractivity contribution < 1.29 is 9.13 Å². The summed E-state index contributed by atoms with van der Waals surface area (Å²) in [5.41, 5.74) is 6.98. The average Bonchev–Trinajstić information content (AvgIpc) is 2.42. The third-order valence-corrected chi connectivity index (χ3v) is 2.64. The molecule has 2 aromatic carbocycles. The number of rotatable bonds is 3. The van der Waals surface area contributed by atoms with Gasteiger partial charge in [-0.3, -0.25) is 0 Å². The van der Waals surface area contributed by atoms with E-state index in [1.807, 2.05) is 6.07 Å². The molecule has 0 saturated carbocycles. The number of nitrogens with two attached hydrogens (primary N) is 1. The Bertz CT molecular complexity index is 650. The van der Waals surface area contributed by atoms with Crippen molar-refractivity contribution in [2.45, 2.75) is 0 Å². The summed E-state index contributed by atoms with van der Waals surface area (Å²) in [5.74, 6) is -0.135. The van der Waals surface area contributed by atoms with E-state index in [1.165, 1.54) is 19.2 Å². The average molecular weight is 257 g/mol. The summed E-state index contributed by atoms with van der Waals surface area (Å²) in [6.07, 6.45) is 0. The number of nitrogens with one attached hydrogen (secondary N) is 1. The SMILES string of the molecule is COc1cc(Nc2ccccc2C#N)c(F)cc1N. The van der Waals surface area contributed by atoms with E-state index in [-0.39, 0.29) is 11.4 Å². The molecular formula is C14H12FN3O. The fourth-order valence-electron chi connectivity index (χ4n) is 1.68. The molecule has 96 valence electrons. The highest BCUT2D eigenvalue weighted by molar-refractivity contribution is 5.70. The zero-order valence-electron chi connectivity index (χ0n) is 10.3. The quantitative estimate of drug-likeness (QED) is 0.829. The zero-order valence-corrected chi connectivity index (χ0v) is 10.3. The molecule has 0 saturated heterocycles. The summed E-state index contributed by atoms with van der Waals surface area (Å²) in [4.78, 5) is 0. The third kappa shape index (κ3) is 2.58. The summed E-state index contributed by atoms with van der Waals surface area (Å²) in [7, 11) is 1.45. The van der Waals surface area contributed by atoms with Crippen molar-refractivity contribution in [2.75, 3.05) is 18.2 Å². The maximum absolute atomic E-state index is 13.8. The monoisotopic (exact) mass is 257 g/mol. The fourth-order valence-corrected chi connectivity index (χ4v) is 1.68. The number of ether oxygens (including phenoxy) is 1. The van der Waals surface area contributed by atoms with Crippen LogP contribution in [-0.2, 0) is 0 Å². The highest BCUT2D eigenvalue weighted by Gasteiger charge is 2.10. The van der Waals surface area contributed by atoms with Crippen molar-refractivity contribution in [1.82, 2.24) is 0 Å². The Morgan fingerprint density at radius 1 is 1.26 bits per heavy atom. The Morgan fingerprint density at radius 3 is 2.68 bits per heavy atom. The topological polar surface area (TPSA) is 71.1 Å². The normalized spacial score (nSPS) is 9.74. The van der Waals surface area contributed by atoms with Gasteiger partial charge in [-0.25, -0.2) is 4.39 Å². The van der Waals surface area contributed by atoms with E-state index in [0.717, 1.165) is 0 Å². The van der Waals surface area contributed by atoms with Crippen LogP contribution in [0.4, 0.5) is 21.5 Å². The second-order valence-corrected chi connectivity index (χ2v) is 3.86. The van der Waals surface area contributed by atoms with Gasteiger partial charge < -0.3 is 15.8 Å². The molecule has 0 unspecified atom stereocenters. The molecule has 5 heteroatoms. The summed E-state index contributed by atoms with van der Waals surface area (Å²) in [6.45, 7) is 0. The molecule has 0 aliphatic heterocycles. The smallest absolute Gasteiger partial charge is 0.148 e. The standard InChI is InChI=1S/C14H12FN3O/c1-19-14-7-13(10(15)6-11(14)17)18-12-5-3-2-4-9(12)8-16/h2-7,18H,17H2,1H3. The van der Waals surface area contributed by atoms with Gasteiger partial charge in [0.05, 0.1) is 29.7 Å². The van der Waals surface area contributed by atoms with Gasteiger partial charge in [-0.1, -0.05) is 12.1 Å². The molecular weight excluding hydrogens is 245 g/mol. The Labute approximate surface area is 110 Å². The first-order valence-electron chi connectivity index (χ1n) is 5.55. The highest BCUT2D eigenvalue weighted by atomic mass is 19.1. The first-order chi connectivity index (χ1) is 9.15. The molecule has 0 aliphatic rings. The van der Waals surface area contributed by atoms with E-state index in [2.05, 4.69) is 5.32 Å². The van der Waals surface area contributed by atoms with Crippen LogP contribution < -0.4 is 15.8 Å². The minimum Gasteiger partial charge on any atom is -0.495 e. The van der Waals surface area contributed by atoms with Gasteiger partial charge in [0.2, 0.25) is 0 Å². The van der Waals surface area contributed by atoms with Crippen molar-refractivity contribution in [3.8, 4) is 11.8 Å². The van der Waals surface area contributed by atoms with Crippen molar-refractivity contribution in [2.24, 2.45) is 0 Å². The minimum absolute atomic E-state index is 0.203. The summed E-state index contributed by atoms with van der Waals surface area (Å²) in [5, 5.41) is 11.8. The molecule has 2 aromatic rings. The Kier molecular flexibility index (Phi) is 3.53. The van der Waals surface area contributed by atoms with E-state index in [0.29, 0.717) is 17.0 Å². The lowest BCUT2D eigenvalue weighted by molar-refractivity contribution is 0.416. The Balaban J connectivity index is 2.41. The number of nitrogens with zero attached hydrogens (tertiary/aromatic N) is 1. The van der Waals surface area contributed by atoms with E-state index in [4.69, 9.17) is 15.7 Å². The number of para-hydroxylation sites is 1. The van der Waals surface area contributed by atoms with Crippen molar-refractivity contribution in [3.63, 3.8) is 0 Å². The predicted molar refractivity (Wildman–Crippen MR) is 71.8 cm³/mol. The lowest BCUT2D eigenvalue weighted by Crippen LogP contribution is -2.00. The van der Waals surface area contributed by atoms with Gasteiger partial charge in [-0.05, 0) is 12.1 Å². The number of hydrogen-bond donors (Lipinski definition) is 2. The van der Waals surface area contributed by atoms with Crippen molar-refractivity contribution in [1.29, 1.82) is 5.26 Å². The lowest BCUT2D eigenvalue weighted by Gasteiger charge is -2.12. The van der Waals surface area contributed by atoms with Crippen LogP contribution in [0.1, 0.15) is 5.56 Å². The van der Waals surface area contributed by atoms with E-state index in [1.54, 1.807) is 24.3 Å². The lowest BCUT2D eigenvalue weighted by atomic mass is 10.1. The van der Waals surface area contributed by atoms with Crippen LogP contribution >= 0.6 is 0 Å². The number of nitrogen functional groups attached to an aromatic ring is 1. The van der Waals surface area contributed by atoms with Crippen molar-refractivity contribution in [3.05, 3.63) is 47.8 Å². The molecule has 0 fully saturated rings. The van der Waals surface area contributed by atoms with Crippen LogP contribution in [0.3, 0.4) is 0 Å². The van der Waals surface area contributed by atoms with Crippen LogP contribution in [0.5, 0.6) is 5.75 Å². The fraction of sp³-hybridized carbons (Fsp3) is 0.0714. The van der Waals surface area contributed by atoms with Crippen LogP contribution in [0.2, 0.25) is 0 Å². The molecule has 0 bridgehead atoms. The number of hydrogen-bond acceptors (Lipinski definition) is 4.